The molecule has 4 rings (SSSR count). The first-order valence-corrected chi connectivity index (χ1v) is 16.2. The highest BCUT2D eigenvalue weighted by atomic mass is 19.4. The molecule has 3 aromatic rings. The van der Waals surface area contributed by atoms with Crippen molar-refractivity contribution >= 4 is 11.9 Å². The lowest BCUT2D eigenvalue weighted by atomic mass is 9.93. The third-order valence-corrected chi connectivity index (χ3v) is 8.30. The predicted octanol–water partition coefficient (Wildman–Crippen LogP) is 6.47. The van der Waals surface area contributed by atoms with Crippen LogP contribution in [-0.2, 0) is 22.2 Å². The second-order valence-corrected chi connectivity index (χ2v) is 13.4. The molecule has 1 amide bonds. The molecule has 1 aliphatic rings. The van der Waals surface area contributed by atoms with Crippen molar-refractivity contribution in [2.45, 2.75) is 78.1 Å². The molecule has 1 aliphatic carbocycles. The predicted molar refractivity (Wildman–Crippen MR) is 178 cm³/mol. The maximum atomic E-state index is 14.2. The van der Waals surface area contributed by atoms with E-state index >= 15 is 0 Å². The number of halogens is 4. The van der Waals surface area contributed by atoms with Gasteiger partial charge in [-0.2, -0.15) is 13.2 Å². The minimum absolute atomic E-state index is 0.0244. The highest BCUT2D eigenvalue weighted by molar-refractivity contribution is 5.82. The van der Waals surface area contributed by atoms with Crippen molar-refractivity contribution in [3.05, 3.63) is 86.3 Å². The summed E-state index contributed by atoms with van der Waals surface area (Å²) in [5.41, 5.74) is 0.917. The Bertz CT molecular complexity index is 1810. The van der Waals surface area contributed by atoms with Gasteiger partial charge in [-0.15, -0.1) is 0 Å². The number of aromatic nitrogens is 2. The van der Waals surface area contributed by atoms with Crippen molar-refractivity contribution in [1.29, 1.82) is 0 Å². The molecule has 0 saturated heterocycles. The highest BCUT2D eigenvalue weighted by Crippen LogP contribution is 2.34. The number of aliphatic carboxylic acids is 1. The van der Waals surface area contributed by atoms with Crippen LogP contribution in [0.1, 0.15) is 85.3 Å². The zero-order valence-electron chi connectivity index (χ0n) is 28.5. The number of nitrogens with one attached hydrogen (secondary N) is 1. The molecule has 8 nitrogen and oxygen atoms in total. The summed E-state index contributed by atoms with van der Waals surface area (Å²) in [5, 5.41) is 12.6. The summed E-state index contributed by atoms with van der Waals surface area (Å²) in [6, 6.07) is 4.22. The number of rotatable bonds is 12. The van der Waals surface area contributed by atoms with Gasteiger partial charge in [-0.3, -0.25) is 14.4 Å². The normalized spacial score (nSPS) is 14.4. The molecule has 2 aromatic heterocycles. The monoisotopic (exact) mass is 682 g/mol. The van der Waals surface area contributed by atoms with E-state index in [4.69, 9.17) is 0 Å². The highest BCUT2D eigenvalue weighted by Gasteiger charge is 2.36. The number of hydrogen-bond donors (Lipinski definition) is 2. The van der Waals surface area contributed by atoms with Crippen molar-refractivity contribution < 1.29 is 32.3 Å². The standard InChI is InChI=1S/C37H42F4N4O4/c1-21(2)13-32(45-20-25(11-12-44(5)6)29(18-33(45)46)37(39,40)41)36(49)43-31(19-34(47)48)30-17-26(16-28(42-30)10-9-24-7-8-24)35-22(3)14-27(38)15-23(35)4/h14-18,20-21,24,31-32H,7-8,11-13,19H2,1-6H3,(H,43,49)(H,47,48)/t31-,32-/m0/s1. The van der Waals surface area contributed by atoms with E-state index in [1.54, 1.807) is 58.8 Å². The molecule has 49 heavy (non-hydrogen) atoms. The topological polar surface area (TPSA) is 105 Å². The van der Waals surface area contributed by atoms with Crippen molar-refractivity contribution in [1.82, 2.24) is 19.8 Å². The summed E-state index contributed by atoms with van der Waals surface area (Å²) in [6.45, 7) is 7.38. The zero-order chi connectivity index (χ0) is 36.2. The number of benzene rings is 1. The van der Waals surface area contributed by atoms with E-state index in [1.807, 2.05) is 0 Å². The quantitative estimate of drug-likeness (QED) is 0.168. The van der Waals surface area contributed by atoms with Gasteiger partial charge in [0.15, 0.2) is 0 Å². The van der Waals surface area contributed by atoms with Crippen molar-refractivity contribution in [2.75, 3.05) is 20.6 Å². The molecule has 0 bridgehead atoms. The van der Waals surface area contributed by atoms with Gasteiger partial charge in [0, 0.05) is 24.7 Å². The van der Waals surface area contributed by atoms with Crippen LogP contribution in [0.5, 0.6) is 0 Å². The van der Waals surface area contributed by atoms with Crippen LogP contribution in [0.2, 0.25) is 0 Å². The number of hydrogen-bond acceptors (Lipinski definition) is 5. The number of carbonyl (C=O) groups excluding carboxylic acids is 1. The van der Waals surface area contributed by atoms with Crippen LogP contribution in [0.25, 0.3) is 11.1 Å². The first-order valence-electron chi connectivity index (χ1n) is 16.2. The second kappa shape index (κ2) is 15.4. The average molecular weight is 683 g/mol. The number of amides is 1. The summed E-state index contributed by atoms with van der Waals surface area (Å²) in [6.07, 6.45) is -2.27. The Labute approximate surface area is 283 Å². The molecule has 1 fully saturated rings. The Morgan fingerprint density at radius 1 is 1.10 bits per heavy atom. The second-order valence-electron chi connectivity index (χ2n) is 13.4. The molecule has 0 aliphatic heterocycles. The summed E-state index contributed by atoms with van der Waals surface area (Å²) in [7, 11) is 3.43. The minimum atomic E-state index is -4.78. The molecule has 0 spiro atoms. The summed E-state index contributed by atoms with van der Waals surface area (Å²) in [5.74, 6) is 3.89. The van der Waals surface area contributed by atoms with Crippen LogP contribution < -0.4 is 10.9 Å². The fourth-order valence-corrected chi connectivity index (χ4v) is 5.82. The molecule has 1 aromatic carbocycles. The number of pyridine rings is 2. The number of alkyl halides is 3. The molecule has 12 heteroatoms. The van der Waals surface area contributed by atoms with Crippen LogP contribution in [0, 0.1) is 43.3 Å². The third-order valence-electron chi connectivity index (χ3n) is 8.30. The van der Waals surface area contributed by atoms with E-state index in [1.165, 1.54) is 12.1 Å². The minimum Gasteiger partial charge on any atom is -0.481 e. The Morgan fingerprint density at radius 2 is 1.76 bits per heavy atom. The molecule has 2 atom stereocenters. The largest absolute Gasteiger partial charge is 0.481 e. The molecule has 0 unspecified atom stereocenters. The Kier molecular flexibility index (Phi) is 11.7. The number of carboxylic acid groups (broad SMARTS) is 1. The van der Waals surface area contributed by atoms with Crippen molar-refractivity contribution in [3.63, 3.8) is 0 Å². The zero-order valence-corrected chi connectivity index (χ0v) is 28.5. The van der Waals surface area contributed by atoms with E-state index in [-0.39, 0.29) is 42.5 Å². The first kappa shape index (κ1) is 37.3. The van der Waals surface area contributed by atoms with Crippen LogP contribution in [-0.4, -0.2) is 52.1 Å². The van der Waals surface area contributed by atoms with Gasteiger partial charge in [0.2, 0.25) is 5.91 Å². The van der Waals surface area contributed by atoms with Gasteiger partial charge in [0.1, 0.15) is 17.6 Å². The maximum absolute atomic E-state index is 14.2. The van der Waals surface area contributed by atoms with E-state index in [0.29, 0.717) is 34.0 Å². The maximum Gasteiger partial charge on any atom is 0.416 e. The van der Waals surface area contributed by atoms with Crippen LogP contribution in [0.4, 0.5) is 17.6 Å². The lowest BCUT2D eigenvalue weighted by Gasteiger charge is -2.26. The number of likely N-dealkylation sites (N-methyl/N-ethyl adjacent to an activating group) is 1. The lowest BCUT2D eigenvalue weighted by molar-refractivity contribution is -0.139. The molecule has 262 valence electrons. The molecular weight excluding hydrogens is 640 g/mol. The third kappa shape index (κ3) is 10.0. The smallest absolute Gasteiger partial charge is 0.416 e. The van der Waals surface area contributed by atoms with Gasteiger partial charge in [-0.25, -0.2) is 9.37 Å². The van der Waals surface area contributed by atoms with Gasteiger partial charge in [0.05, 0.1) is 23.7 Å². The first-order chi connectivity index (χ1) is 22.9. The number of carbonyl (C=O) groups is 2. The van der Waals surface area contributed by atoms with Crippen LogP contribution >= 0.6 is 0 Å². The molecular formula is C37H42F4N4O4. The Morgan fingerprint density at radius 3 is 2.31 bits per heavy atom. The van der Waals surface area contributed by atoms with Gasteiger partial charge in [0.25, 0.3) is 5.56 Å². The summed E-state index contributed by atoms with van der Waals surface area (Å²) >= 11 is 0. The molecule has 2 heterocycles. The van der Waals surface area contributed by atoms with Gasteiger partial charge in [-0.05, 0) is 118 Å². The molecule has 0 radical (unpaired) electrons. The van der Waals surface area contributed by atoms with Crippen molar-refractivity contribution in [3.8, 4) is 23.0 Å². The van der Waals surface area contributed by atoms with Gasteiger partial charge >= 0.3 is 12.1 Å². The van der Waals surface area contributed by atoms with E-state index in [2.05, 4.69) is 22.1 Å². The number of carboxylic acids is 1. The summed E-state index contributed by atoms with van der Waals surface area (Å²) < 4.78 is 57.1. The van der Waals surface area contributed by atoms with E-state index < -0.39 is 53.5 Å². The molecule has 2 N–H and O–H groups in total. The summed E-state index contributed by atoms with van der Waals surface area (Å²) in [4.78, 5) is 45.8. The average Bonchev–Trinajstić information content (AvgIpc) is 3.81. The van der Waals surface area contributed by atoms with Crippen LogP contribution in [0.3, 0.4) is 0 Å². The Hall–Kier alpha value is -4.50. The molecule has 1 saturated carbocycles. The van der Waals surface area contributed by atoms with Gasteiger partial charge < -0.3 is 19.9 Å². The van der Waals surface area contributed by atoms with E-state index in [9.17, 15) is 37.1 Å². The number of aryl methyl sites for hydroxylation is 2. The fraction of sp³-hybridized carbons (Fsp3) is 0.459. The van der Waals surface area contributed by atoms with Crippen LogP contribution in [0.15, 0.2) is 41.3 Å². The Balaban J connectivity index is 1.82. The van der Waals surface area contributed by atoms with E-state index in [0.717, 1.165) is 23.6 Å². The fourth-order valence-electron chi connectivity index (χ4n) is 5.82. The van der Waals surface area contributed by atoms with Crippen molar-refractivity contribution in [2.24, 2.45) is 11.8 Å². The number of nitrogens with zero attached hydrogens (tertiary/aromatic N) is 3. The van der Waals surface area contributed by atoms with Gasteiger partial charge in [-0.1, -0.05) is 19.8 Å². The SMILES string of the molecule is Cc1cc(F)cc(C)c1-c1cc(C#CC2CC2)nc([C@H](CC(=O)O)NC(=O)[C@H](CC(C)C)n2cc(CCN(C)C)c(C(F)(F)F)cc2=O)c1. The lowest BCUT2D eigenvalue weighted by Crippen LogP contribution is -2.41.